The topological polar surface area (TPSA) is 23.8 Å². The first-order chi connectivity index (χ1) is 6.16. The van der Waals surface area contributed by atoms with Gasteiger partial charge in [-0.3, -0.25) is 0 Å². The molecule has 0 saturated heterocycles. The maximum absolute atomic E-state index is 12.7. The van der Waals surface area contributed by atoms with Gasteiger partial charge in [0.15, 0.2) is 0 Å². The van der Waals surface area contributed by atoms with Crippen LogP contribution in [0.5, 0.6) is 0 Å². The highest BCUT2D eigenvalue weighted by Gasteiger charge is 2.05. The monoisotopic (exact) mass is 199 g/mol. The van der Waals surface area contributed by atoms with Gasteiger partial charge in [0.05, 0.1) is 10.6 Å². The molecule has 0 heterocycles. The van der Waals surface area contributed by atoms with Gasteiger partial charge in [0.25, 0.3) is 0 Å². The predicted octanol–water partition coefficient (Wildman–Crippen LogP) is 3.69. The molecule has 0 aliphatic carbocycles. The molecule has 0 fully saturated rings. The molecular weight excluding hydrogens is 189 g/mol. The lowest BCUT2D eigenvalue weighted by Gasteiger charge is -1.99. The second kappa shape index (κ2) is 5.55. The van der Waals surface area contributed by atoms with Crippen molar-refractivity contribution in [3.05, 3.63) is 34.1 Å². The number of hydrogen-bond donors (Lipinski definition) is 0. The van der Waals surface area contributed by atoms with Crippen molar-refractivity contribution in [1.82, 2.24) is 0 Å². The number of nitrogens with zero attached hydrogens (tertiary/aromatic N) is 1. The Morgan fingerprint density at radius 3 is 2.38 bits per heavy atom. The summed E-state index contributed by atoms with van der Waals surface area (Å²) in [5, 5.41) is 8.68. The molecule has 0 unspecified atom stereocenters. The molecule has 1 aromatic carbocycles. The molecule has 3 heteroatoms. The lowest BCUT2D eigenvalue weighted by Crippen LogP contribution is -1.86. The summed E-state index contributed by atoms with van der Waals surface area (Å²) < 4.78 is 12.7. The van der Waals surface area contributed by atoms with Crippen molar-refractivity contribution in [3.63, 3.8) is 0 Å². The molecular formula is C10H11ClFN. The molecule has 0 bridgehead atoms. The number of benzene rings is 1. The molecule has 0 aliphatic rings. The van der Waals surface area contributed by atoms with E-state index in [1.165, 1.54) is 12.1 Å². The molecule has 0 radical (unpaired) electrons. The van der Waals surface area contributed by atoms with Gasteiger partial charge in [-0.05, 0) is 19.1 Å². The van der Waals surface area contributed by atoms with Gasteiger partial charge < -0.3 is 0 Å². The van der Waals surface area contributed by atoms with Crippen molar-refractivity contribution in [2.75, 3.05) is 0 Å². The summed E-state index contributed by atoms with van der Waals surface area (Å²) >= 11 is 5.64. The Balaban J connectivity index is 0.000000671. The van der Waals surface area contributed by atoms with E-state index in [4.69, 9.17) is 16.9 Å². The van der Waals surface area contributed by atoms with Crippen molar-refractivity contribution < 1.29 is 4.39 Å². The van der Waals surface area contributed by atoms with Crippen LogP contribution in [0.1, 0.15) is 25.0 Å². The quantitative estimate of drug-likeness (QED) is 0.625. The van der Waals surface area contributed by atoms with E-state index in [-0.39, 0.29) is 10.8 Å². The smallest absolute Gasteiger partial charge is 0.127 e. The number of halogens is 2. The maximum atomic E-state index is 12.7. The minimum absolute atomic E-state index is 0.201. The summed E-state index contributed by atoms with van der Waals surface area (Å²) in [5.74, 6) is -0.381. The molecule has 13 heavy (non-hydrogen) atoms. The number of nitriles is 1. The Morgan fingerprint density at radius 2 is 1.92 bits per heavy atom. The summed E-state index contributed by atoms with van der Waals surface area (Å²) in [6, 6.07) is 4.47. The van der Waals surface area contributed by atoms with Crippen molar-refractivity contribution in [2.24, 2.45) is 0 Å². The molecule has 0 amide bonds. The first kappa shape index (κ1) is 11.9. The third-order valence-electron chi connectivity index (χ3n) is 1.44. The zero-order valence-corrected chi connectivity index (χ0v) is 8.61. The average Bonchev–Trinajstić information content (AvgIpc) is 2.18. The minimum atomic E-state index is -0.381. The van der Waals surface area contributed by atoms with Gasteiger partial charge in [-0.25, -0.2) is 4.39 Å². The minimum Gasteiger partial charge on any atom is -0.207 e. The molecule has 1 aromatic rings. The highest BCUT2D eigenvalue weighted by atomic mass is 35.5. The lowest BCUT2D eigenvalue weighted by molar-refractivity contribution is 0.618. The Morgan fingerprint density at radius 1 is 1.38 bits per heavy atom. The normalized spacial score (nSPS) is 8.31. The summed E-state index contributed by atoms with van der Waals surface area (Å²) in [6.07, 6.45) is 0. The van der Waals surface area contributed by atoms with Crippen LogP contribution in [-0.4, -0.2) is 0 Å². The Bertz CT molecular complexity index is 328. The van der Waals surface area contributed by atoms with Gasteiger partial charge in [0, 0.05) is 5.56 Å². The third-order valence-corrected chi connectivity index (χ3v) is 1.93. The van der Waals surface area contributed by atoms with Crippen LogP contribution >= 0.6 is 11.6 Å². The van der Waals surface area contributed by atoms with Crippen LogP contribution in [0.15, 0.2) is 12.1 Å². The van der Waals surface area contributed by atoms with Crippen LogP contribution in [-0.2, 0) is 0 Å². The van der Waals surface area contributed by atoms with Gasteiger partial charge in [-0.1, -0.05) is 25.4 Å². The zero-order chi connectivity index (χ0) is 10.4. The van der Waals surface area contributed by atoms with E-state index < -0.39 is 0 Å². The standard InChI is InChI=1S/C8H5ClFN.C2H6/c1-5-7(10)3-2-6(4-11)8(5)9;1-2/h2-3H,1H3;1-2H3. The SMILES string of the molecule is CC.Cc1c(F)ccc(C#N)c1Cl. The second-order valence-electron chi connectivity index (χ2n) is 2.15. The van der Waals surface area contributed by atoms with E-state index in [2.05, 4.69) is 0 Å². The molecule has 0 saturated carbocycles. The summed E-state index contributed by atoms with van der Waals surface area (Å²) in [6.45, 7) is 5.54. The number of hydrogen-bond acceptors (Lipinski definition) is 1. The Hall–Kier alpha value is -1.07. The summed E-state index contributed by atoms with van der Waals surface area (Å²) in [7, 11) is 0. The average molecular weight is 200 g/mol. The fourth-order valence-electron chi connectivity index (χ4n) is 0.748. The van der Waals surface area contributed by atoms with Crippen LogP contribution < -0.4 is 0 Å². The zero-order valence-electron chi connectivity index (χ0n) is 7.86. The predicted molar refractivity (Wildman–Crippen MR) is 52.2 cm³/mol. The Labute approximate surface area is 82.8 Å². The van der Waals surface area contributed by atoms with Gasteiger partial charge in [0.2, 0.25) is 0 Å². The van der Waals surface area contributed by atoms with Gasteiger partial charge in [-0.2, -0.15) is 5.26 Å². The van der Waals surface area contributed by atoms with Crippen molar-refractivity contribution in [2.45, 2.75) is 20.8 Å². The summed E-state index contributed by atoms with van der Waals surface area (Å²) in [5.41, 5.74) is 0.635. The molecule has 0 N–H and O–H groups in total. The molecule has 0 spiro atoms. The molecule has 1 rings (SSSR count). The van der Waals surface area contributed by atoms with E-state index in [0.29, 0.717) is 11.1 Å². The van der Waals surface area contributed by atoms with Crippen LogP contribution in [0.25, 0.3) is 0 Å². The Kier molecular flexibility index (Phi) is 5.10. The van der Waals surface area contributed by atoms with Crippen LogP contribution in [0.3, 0.4) is 0 Å². The molecule has 0 aromatic heterocycles. The summed E-state index contributed by atoms with van der Waals surface area (Å²) in [4.78, 5) is 0. The van der Waals surface area contributed by atoms with Crippen molar-refractivity contribution >= 4 is 11.6 Å². The molecule has 0 aliphatic heterocycles. The van der Waals surface area contributed by atoms with Crippen molar-refractivity contribution in [3.8, 4) is 6.07 Å². The van der Waals surface area contributed by atoms with E-state index in [0.717, 1.165) is 0 Å². The highest BCUT2D eigenvalue weighted by molar-refractivity contribution is 6.32. The van der Waals surface area contributed by atoms with Crippen LogP contribution in [0, 0.1) is 24.1 Å². The van der Waals surface area contributed by atoms with E-state index in [9.17, 15) is 4.39 Å². The van der Waals surface area contributed by atoms with Crippen LogP contribution in [0.2, 0.25) is 5.02 Å². The molecule has 0 atom stereocenters. The first-order valence-corrected chi connectivity index (χ1v) is 4.39. The van der Waals surface area contributed by atoms with E-state index in [1.54, 1.807) is 6.92 Å². The first-order valence-electron chi connectivity index (χ1n) is 4.01. The molecule has 1 nitrogen and oxygen atoms in total. The number of rotatable bonds is 0. The van der Waals surface area contributed by atoms with Gasteiger partial charge in [0.1, 0.15) is 11.9 Å². The fourth-order valence-corrected chi connectivity index (χ4v) is 0.943. The van der Waals surface area contributed by atoms with E-state index in [1.807, 2.05) is 19.9 Å². The fraction of sp³-hybridized carbons (Fsp3) is 0.300. The van der Waals surface area contributed by atoms with Gasteiger partial charge >= 0.3 is 0 Å². The van der Waals surface area contributed by atoms with Crippen molar-refractivity contribution in [1.29, 1.82) is 5.26 Å². The third kappa shape index (κ3) is 2.71. The molecule has 70 valence electrons. The largest absolute Gasteiger partial charge is 0.207 e. The lowest BCUT2D eigenvalue weighted by atomic mass is 10.1. The van der Waals surface area contributed by atoms with E-state index >= 15 is 0 Å². The second-order valence-corrected chi connectivity index (χ2v) is 2.52. The van der Waals surface area contributed by atoms with Crippen LogP contribution in [0.4, 0.5) is 4.39 Å². The maximum Gasteiger partial charge on any atom is 0.127 e. The highest BCUT2D eigenvalue weighted by Crippen LogP contribution is 2.21. The van der Waals surface area contributed by atoms with Gasteiger partial charge in [-0.15, -0.1) is 0 Å².